The minimum absolute atomic E-state index is 0.0856. The highest BCUT2D eigenvalue weighted by molar-refractivity contribution is 6.30. The van der Waals surface area contributed by atoms with Gasteiger partial charge in [0.15, 0.2) is 0 Å². The van der Waals surface area contributed by atoms with Crippen molar-refractivity contribution in [2.24, 2.45) is 0 Å². The van der Waals surface area contributed by atoms with Gasteiger partial charge in [-0.1, -0.05) is 41.9 Å². The number of amides is 1. The molecule has 1 aliphatic rings. The van der Waals surface area contributed by atoms with Crippen molar-refractivity contribution >= 4 is 28.3 Å². The van der Waals surface area contributed by atoms with Gasteiger partial charge in [0, 0.05) is 48.7 Å². The maximum atomic E-state index is 12.7. The summed E-state index contributed by atoms with van der Waals surface area (Å²) in [5.74, 6) is 1.00. The van der Waals surface area contributed by atoms with E-state index in [9.17, 15) is 4.79 Å². The number of fused-ring (bicyclic) bond motifs is 1. The van der Waals surface area contributed by atoms with Crippen LogP contribution in [0.4, 0.5) is 0 Å². The molecule has 0 radical (unpaired) electrons. The molecule has 1 amide bonds. The summed E-state index contributed by atoms with van der Waals surface area (Å²) in [6.07, 6.45) is 0.982. The van der Waals surface area contributed by atoms with Gasteiger partial charge in [-0.15, -0.1) is 0 Å². The molecule has 0 bridgehead atoms. The number of halogens is 1. The Kier molecular flexibility index (Phi) is 6.02. The van der Waals surface area contributed by atoms with E-state index in [1.54, 1.807) is 31.4 Å². The summed E-state index contributed by atoms with van der Waals surface area (Å²) >= 11 is 5.92. The van der Waals surface area contributed by atoms with E-state index in [2.05, 4.69) is 35.2 Å². The molecule has 1 aliphatic heterocycles. The van der Waals surface area contributed by atoms with Crippen LogP contribution in [0.5, 0.6) is 5.75 Å². The predicted octanol–water partition coefficient (Wildman–Crippen LogP) is 4.50. The summed E-state index contributed by atoms with van der Waals surface area (Å²) in [7, 11) is 1.71. The lowest BCUT2D eigenvalue weighted by Crippen LogP contribution is -2.49. The molecule has 5 heteroatoms. The quantitative estimate of drug-likeness (QED) is 0.623. The number of benzene rings is 3. The van der Waals surface area contributed by atoms with Gasteiger partial charge >= 0.3 is 0 Å². The molecule has 0 N–H and O–H groups in total. The van der Waals surface area contributed by atoms with Crippen molar-refractivity contribution in [1.82, 2.24) is 9.80 Å². The van der Waals surface area contributed by atoms with Crippen molar-refractivity contribution in [3.63, 3.8) is 0 Å². The van der Waals surface area contributed by atoms with Crippen molar-refractivity contribution in [1.29, 1.82) is 0 Å². The van der Waals surface area contributed by atoms with Gasteiger partial charge in [0.2, 0.25) is 0 Å². The Labute approximate surface area is 176 Å². The van der Waals surface area contributed by atoms with Gasteiger partial charge in [-0.2, -0.15) is 0 Å². The first kappa shape index (κ1) is 19.7. The smallest absolute Gasteiger partial charge is 0.253 e. The van der Waals surface area contributed by atoms with Crippen LogP contribution in [0.2, 0.25) is 5.02 Å². The third kappa shape index (κ3) is 4.39. The molecule has 4 rings (SSSR count). The van der Waals surface area contributed by atoms with E-state index in [0.29, 0.717) is 10.6 Å². The van der Waals surface area contributed by atoms with Crippen molar-refractivity contribution in [2.45, 2.75) is 6.42 Å². The third-order valence-corrected chi connectivity index (χ3v) is 5.89. The summed E-state index contributed by atoms with van der Waals surface area (Å²) in [6.45, 7) is 4.29. The Hall–Kier alpha value is -2.56. The molecule has 0 atom stereocenters. The van der Waals surface area contributed by atoms with Crippen LogP contribution in [0.25, 0.3) is 10.8 Å². The Bertz CT molecular complexity index is 995. The summed E-state index contributed by atoms with van der Waals surface area (Å²) in [5.41, 5.74) is 2.04. The number of methoxy groups -OCH3 is 1. The maximum absolute atomic E-state index is 12.7. The van der Waals surface area contributed by atoms with Crippen molar-refractivity contribution < 1.29 is 9.53 Å². The zero-order valence-corrected chi connectivity index (χ0v) is 17.4. The number of nitrogens with zero attached hydrogens (tertiary/aromatic N) is 2. The fourth-order valence-corrected chi connectivity index (χ4v) is 4.08. The van der Waals surface area contributed by atoms with Crippen LogP contribution in [0.15, 0.2) is 60.7 Å². The van der Waals surface area contributed by atoms with Gasteiger partial charge in [-0.3, -0.25) is 9.69 Å². The van der Waals surface area contributed by atoms with Crippen molar-refractivity contribution in [3.8, 4) is 5.75 Å². The number of hydrogen-bond acceptors (Lipinski definition) is 3. The molecule has 3 aromatic carbocycles. The highest BCUT2D eigenvalue weighted by Gasteiger charge is 2.22. The second kappa shape index (κ2) is 8.85. The number of ether oxygens (including phenoxy) is 1. The first-order valence-corrected chi connectivity index (χ1v) is 10.4. The number of carbonyl (C=O) groups excluding carboxylic acids is 1. The Morgan fingerprint density at radius 2 is 1.62 bits per heavy atom. The number of hydrogen-bond donors (Lipinski definition) is 0. The molecule has 0 aliphatic carbocycles. The molecule has 29 heavy (non-hydrogen) atoms. The second-order valence-corrected chi connectivity index (χ2v) is 7.80. The molecule has 150 valence electrons. The fraction of sp³-hybridized carbons (Fsp3) is 0.292. The van der Waals surface area contributed by atoms with Crippen LogP contribution in [0, 0.1) is 0 Å². The lowest BCUT2D eigenvalue weighted by Gasteiger charge is -2.35. The second-order valence-electron chi connectivity index (χ2n) is 7.36. The van der Waals surface area contributed by atoms with Crippen molar-refractivity contribution in [2.75, 3.05) is 39.8 Å². The average molecular weight is 409 g/mol. The zero-order valence-electron chi connectivity index (χ0n) is 16.6. The van der Waals surface area contributed by atoms with E-state index in [0.717, 1.165) is 50.3 Å². The molecule has 0 unspecified atom stereocenters. The van der Waals surface area contributed by atoms with Crippen LogP contribution in [-0.2, 0) is 6.42 Å². The molecular formula is C24H25ClN2O2. The minimum atomic E-state index is 0.0856. The van der Waals surface area contributed by atoms with Crippen LogP contribution in [0.3, 0.4) is 0 Å². The van der Waals surface area contributed by atoms with E-state index in [4.69, 9.17) is 16.3 Å². The normalized spacial score (nSPS) is 14.9. The molecule has 0 saturated carbocycles. The van der Waals surface area contributed by atoms with E-state index >= 15 is 0 Å². The molecule has 1 heterocycles. The molecule has 0 aromatic heterocycles. The number of carbonyl (C=O) groups is 1. The van der Waals surface area contributed by atoms with Gasteiger partial charge in [0.05, 0.1) is 7.11 Å². The molecular weight excluding hydrogens is 384 g/mol. The van der Waals surface area contributed by atoms with Crippen LogP contribution < -0.4 is 4.74 Å². The summed E-state index contributed by atoms with van der Waals surface area (Å²) in [6, 6.07) is 19.8. The highest BCUT2D eigenvalue weighted by Crippen LogP contribution is 2.28. The Morgan fingerprint density at radius 3 is 2.31 bits per heavy atom. The first-order chi connectivity index (χ1) is 14.2. The minimum Gasteiger partial charge on any atom is -0.496 e. The molecule has 1 saturated heterocycles. The summed E-state index contributed by atoms with van der Waals surface area (Å²) in [5, 5.41) is 3.06. The number of rotatable bonds is 5. The summed E-state index contributed by atoms with van der Waals surface area (Å²) < 4.78 is 5.50. The topological polar surface area (TPSA) is 32.8 Å². The van der Waals surface area contributed by atoms with Gasteiger partial charge in [0.25, 0.3) is 5.91 Å². The average Bonchev–Trinajstić information content (AvgIpc) is 2.78. The van der Waals surface area contributed by atoms with Gasteiger partial charge in [-0.25, -0.2) is 0 Å². The SMILES string of the molecule is COc1ccc(CCN2CCN(C(=O)c3ccc(Cl)cc3)CC2)c2ccccc12. The summed E-state index contributed by atoms with van der Waals surface area (Å²) in [4.78, 5) is 17.0. The molecule has 0 spiro atoms. The van der Waals surface area contributed by atoms with Crippen LogP contribution in [0.1, 0.15) is 15.9 Å². The lowest BCUT2D eigenvalue weighted by molar-refractivity contribution is 0.0638. The van der Waals surface area contributed by atoms with E-state index in [-0.39, 0.29) is 5.91 Å². The van der Waals surface area contributed by atoms with E-state index < -0.39 is 0 Å². The fourth-order valence-electron chi connectivity index (χ4n) is 3.96. The van der Waals surface area contributed by atoms with Crippen molar-refractivity contribution in [3.05, 3.63) is 76.8 Å². The Balaban J connectivity index is 1.35. The lowest BCUT2D eigenvalue weighted by atomic mass is 10.0. The largest absolute Gasteiger partial charge is 0.496 e. The zero-order chi connectivity index (χ0) is 20.2. The van der Waals surface area contributed by atoms with E-state index in [1.807, 2.05) is 11.0 Å². The van der Waals surface area contributed by atoms with E-state index in [1.165, 1.54) is 10.9 Å². The number of piperazine rings is 1. The standard InChI is InChI=1S/C24H25ClN2O2/c1-29-23-11-8-18(21-4-2-3-5-22(21)23)12-13-26-14-16-27(17-15-26)24(28)19-6-9-20(25)10-7-19/h2-11H,12-17H2,1H3. The molecule has 3 aromatic rings. The third-order valence-electron chi connectivity index (χ3n) is 5.64. The van der Waals surface area contributed by atoms with Gasteiger partial charge < -0.3 is 9.64 Å². The molecule has 4 nitrogen and oxygen atoms in total. The predicted molar refractivity (Wildman–Crippen MR) is 118 cm³/mol. The maximum Gasteiger partial charge on any atom is 0.253 e. The first-order valence-electron chi connectivity index (χ1n) is 9.97. The van der Waals surface area contributed by atoms with Gasteiger partial charge in [-0.05, 0) is 47.7 Å². The highest BCUT2D eigenvalue weighted by atomic mass is 35.5. The van der Waals surface area contributed by atoms with Crippen LogP contribution >= 0.6 is 11.6 Å². The van der Waals surface area contributed by atoms with Crippen LogP contribution in [-0.4, -0.2) is 55.5 Å². The van der Waals surface area contributed by atoms with Gasteiger partial charge in [0.1, 0.15) is 5.75 Å². The Morgan fingerprint density at radius 1 is 0.931 bits per heavy atom. The molecule has 1 fully saturated rings. The monoisotopic (exact) mass is 408 g/mol.